The number of ether oxygens (including phenoxy) is 1. The molecule has 0 radical (unpaired) electrons. The van der Waals surface area contributed by atoms with Gasteiger partial charge in [0.25, 0.3) is 5.88 Å². The van der Waals surface area contributed by atoms with Crippen molar-refractivity contribution in [2.75, 3.05) is 5.73 Å². The van der Waals surface area contributed by atoms with Crippen molar-refractivity contribution in [1.82, 2.24) is 9.97 Å². The molecule has 17 heavy (non-hydrogen) atoms. The van der Waals surface area contributed by atoms with Crippen molar-refractivity contribution < 1.29 is 4.74 Å². The molecular formula is C13H13N3O. The van der Waals surface area contributed by atoms with E-state index in [0.717, 1.165) is 12.2 Å². The molecule has 4 nitrogen and oxygen atoms in total. The number of aryl methyl sites for hydroxylation is 2. The van der Waals surface area contributed by atoms with Crippen LogP contribution in [0.1, 0.15) is 17.5 Å². The van der Waals surface area contributed by atoms with Gasteiger partial charge in [0.2, 0.25) is 0 Å². The number of anilines is 1. The number of aromatic nitrogens is 2. The first-order valence-corrected chi connectivity index (χ1v) is 5.69. The van der Waals surface area contributed by atoms with E-state index in [1.807, 2.05) is 6.07 Å². The van der Waals surface area contributed by atoms with E-state index in [1.165, 1.54) is 24.0 Å². The van der Waals surface area contributed by atoms with Crippen molar-refractivity contribution >= 4 is 5.82 Å². The van der Waals surface area contributed by atoms with Crippen LogP contribution in [0, 0.1) is 0 Å². The van der Waals surface area contributed by atoms with Crippen molar-refractivity contribution in [1.29, 1.82) is 0 Å². The molecule has 0 spiro atoms. The van der Waals surface area contributed by atoms with Crippen molar-refractivity contribution in [2.24, 2.45) is 0 Å². The molecule has 1 heterocycles. The van der Waals surface area contributed by atoms with Gasteiger partial charge in [-0.1, -0.05) is 6.07 Å². The highest BCUT2D eigenvalue weighted by atomic mass is 16.5. The quantitative estimate of drug-likeness (QED) is 0.855. The van der Waals surface area contributed by atoms with E-state index in [1.54, 1.807) is 12.4 Å². The van der Waals surface area contributed by atoms with Crippen molar-refractivity contribution in [3.8, 4) is 11.6 Å². The lowest BCUT2D eigenvalue weighted by Gasteiger charge is -2.07. The number of nitrogens with two attached hydrogens (primary N) is 1. The first-order valence-electron chi connectivity index (χ1n) is 5.69. The number of fused-ring (bicyclic) bond motifs is 1. The number of rotatable bonds is 2. The van der Waals surface area contributed by atoms with E-state index in [-0.39, 0.29) is 0 Å². The summed E-state index contributed by atoms with van der Waals surface area (Å²) in [5.41, 5.74) is 8.47. The second-order valence-electron chi connectivity index (χ2n) is 4.13. The lowest BCUT2D eigenvalue weighted by molar-refractivity contribution is 0.462. The van der Waals surface area contributed by atoms with Gasteiger partial charge in [0, 0.05) is 12.4 Å². The average Bonchev–Trinajstić information content (AvgIpc) is 2.79. The van der Waals surface area contributed by atoms with Gasteiger partial charge >= 0.3 is 0 Å². The lowest BCUT2D eigenvalue weighted by Crippen LogP contribution is -1.97. The van der Waals surface area contributed by atoms with E-state index in [9.17, 15) is 0 Å². The van der Waals surface area contributed by atoms with E-state index in [4.69, 9.17) is 10.5 Å². The molecule has 2 N–H and O–H groups in total. The Labute approximate surface area is 99.5 Å². The maximum atomic E-state index is 5.68. The monoisotopic (exact) mass is 227 g/mol. The molecule has 0 saturated heterocycles. The fraction of sp³-hybridized carbons (Fsp3) is 0.231. The molecule has 4 heteroatoms. The molecular weight excluding hydrogens is 214 g/mol. The standard InChI is InChI=1S/C13H13N3O/c14-12-13(16-7-6-15-12)17-11-5-4-9-2-1-3-10(9)8-11/h4-8H,1-3H2,(H2,14,15). The Bertz CT molecular complexity index is 554. The van der Waals surface area contributed by atoms with Gasteiger partial charge in [0.15, 0.2) is 5.82 Å². The minimum Gasteiger partial charge on any atom is -0.436 e. The summed E-state index contributed by atoms with van der Waals surface area (Å²) in [6.45, 7) is 0. The molecule has 0 saturated carbocycles. The van der Waals surface area contributed by atoms with Gasteiger partial charge in [0.05, 0.1) is 0 Å². The molecule has 86 valence electrons. The summed E-state index contributed by atoms with van der Waals surface area (Å²) in [5.74, 6) is 1.45. The van der Waals surface area contributed by atoms with Crippen molar-refractivity contribution in [3.63, 3.8) is 0 Å². The fourth-order valence-corrected chi connectivity index (χ4v) is 2.14. The van der Waals surface area contributed by atoms with Crippen LogP contribution in [0.4, 0.5) is 5.82 Å². The first-order chi connectivity index (χ1) is 8.33. The normalized spacial score (nSPS) is 13.4. The zero-order valence-corrected chi connectivity index (χ0v) is 9.39. The molecule has 2 aromatic rings. The summed E-state index contributed by atoms with van der Waals surface area (Å²) in [6, 6.07) is 6.14. The number of hydrogen-bond acceptors (Lipinski definition) is 4. The highest BCUT2D eigenvalue weighted by Gasteiger charge is 2.12. The van der Waals surface area contributed by atoms with Gasteiger partial charge < -0.3 is 10.5 Å². The van der Waals surface area contributed by atoms with Gasteiger partial charge in [-0.3, -0.25) is 0 Å². The van der Waals surface area contributed by atoms with Gasteiger partial charge in [-0.15, -0.1) is 0 Å². The molecule has 1 aromatic heterocycles. The van der Waals surface area contributed by atoms with Crippen LogP contribution in [-0.2, 0) is 12.8 Å². The third kappa shape index (κ3) is 1.93. The zero-order valence-electron chi connectivity index (χ0n) is 9.39. The molecule has 3 rings (SSSR count). The molecule has 0 atom stereocenters. The molecule has 0 amide bonds. The largest absolute Gasteiger partial charge is 0.436 e. The maximum Gasteiger partial charge on any atom is 0.262 e. The molecule has 1 aliphatic rings. The van der Waals surface area contributed by atoms with Gasteiger partial charge in [-0.25, -0.2) is 9.97 Å². The summed E-state index contributed by atoms with van der Waals surface area (Å²) < 4.78 is 5.64. The van der Waals surface area contributed by atoms with Crippen molar-refractivity contribution in [2.45, 2.75) is 19.3 Å². The summed E-state index contributed by atoms with van der Waals surface area (Å²) in [4.78, 5) is 8.00. The van der Waals surface area contributed by atoms with Crippen LogP contribution in [0.2, 0.25) is 0 Å². The highest BCUT2D eigenvalue weighted by molar-refractivity contribution is 5.44. The zero-order chi connectivity index (χ0) is 11.7. The smallest absolute Gasteiger partial charge is 0.262 e. The van der Waals surface area contributed by atoms with E-state index in [0.29, 0.717) is 11.7 Å². The SMILES string of the molecule is Nc1nccnc1Oc1ccc2c(c1)CCC2. The first kappa shape index (κ1) is 10.1. The van der Waals surface area contributed by atoms with Crippen LogP contribution >= 0.6 is 0 Å². The van der Waals surface area contributed by atoms with E-state index >= 15 is 0 Å². The molecule has 0 fully saturated rings. The number of benzene rings is 1. The minimum atomic E-state index is 0.313. The summed E-state index contributed by atoms with van der Waals surface area (Å²) in [7, 11) is 0. The van der Waals surface area contributed by atoms with E-state index in [2.05, 4.69) is 22.1 Å². The van der Waals surface area contributed by atoms with Crippen LogP contribution < -0.4 is 10.5 Å². The molecule has 0 aliphatic heterocycles. The average molecular weight is 227 g/mol. The summed E-state index contributed by atoms with van der Waals surface area (Å²) in [6.07, 6.45) is 6.64. The predicted molar refractivity (Wildman–Crippen MR) is 65.0 cm³/mol. The Balaban J connectivity index is 1.89. The molecule has 1 aromatic carbocycles. The van der Waals surface area contributed by atoms with Crippen LogP contribution in [0.25, 0.3) is 0 Å². The van der Waals surface area contributed by atoms with Crippen LogP contribution in [0.5, 0.6) is 11.6 Å². The molecule has 0 unspecified atom stereocenters. The summed E-state index contributed by atoms with van der Waals surface area (Å²) >= 11 is 0. The number of nitrogen functional groups attached to an aromatic ring is 1. The van der Waals surface area contributed by atoms with Crippen LogP contribution in [0.15, 0.2) is 30.6 Å². The predicted octanol–water partition coefficient (Wildman–Crippen LogP) is 2.34. The molecule has 1 aliphatic carbocycles. The fourth-order valence-electron chi connectivity index (χ4n) is 2.14. The third-order valence-electron chi connectivity index (χ3n) is 2.98. The van der Waals surface area contributed by atoms with Gasteiger partial charge in [0.1, 0.15) is 5.75 Å². The Morgan fingerprint density at radius 1 is 1.06 bits per heavy atom. The Hall–Kier alpha value is -2.10. The third-order valence-corrected chi connectivity index (χ3v) is 2.98. The Kier molecular flexibility index (Phi) is 2.40. The van der Waals surface area contributed by atoms with Gasteiger partial charge in [-0.2, -0.15) is 0 Å². The second kappa shape index (κ2) is 4.05. The minimum absolute atomic E-state index is 0.313. The molecule has 0 bridgehead atoms. The van der Waals surface area contributed by atoms with Gasteiger partial charge in [-0.05, 0) is 42.5 Å². The lowest BCUT2D eigenvalue weighted by atomic mass is 10.1. The van der Waals surface area contributed by atoms with Crippen LogP contribution in [-0.4, -0.2) is 9.97 Å². The summed E-state index contributed by atoms with van der Waals surface area (Å²) in [5, 5.41) is 0. The second-order valence-corrected chi connectivity index (χ2v) is 4.13. The highest BCUT2D eigenvalue weighted by Crippen LogP contribution is 2.29. The topological polar surface area (TPSA) is 61.0 Å². The maximum absolute atomic E-state index is 5.68. The number of nitrogens with zero attached hydrogens (tertiary/aromatic N) is 2. The Morgan fingerprint density at radius 2 is 1.88 bits per heavy atom. The van der Waals surface area contributed by atoms with E-state index < -0.39 is 0 Å². The van der Waals surface area contributed by atoms with Crippen LogP contribution in [0.3, 0.4) is 0 Å². The number of hydrogen-bond donors (Lipinski definition) is 1. The Morgan fingerprint density at radius 3 is 2.76 bits per heavy atom. The van der Waals surface area contributed by atoms with Crippen molar-refractivity contribution in [3.05, 3.63) is 41.7 Å².